The third-order valence-corrected chi connectivity index (χ3v) is 3.66. The van der Waals surface area contributed by atoms with E-state index < -0.39 is 5.97 Å². The maximum Gasteiger partial charge on any atom is 0.337 e. The van der Waals surface area contributed by atoms with Gasteiger partial charge >= 0.3 is 5.97 Å². The fourth-order valence-corrected chi connectivity index (χ4v) is 2.15. The Morgan fingerprint density at radius 2 is 2.18 bits per heavy atom. The Morgan fingerprint density at radius 3 is 2.71 bits per heavy atom. The van der Waals surface area contributed by atoms with E-state index in [1.54, 1.807) is 6.07 Å². The van der Waals surface area contributed by atoms with Crippen LogP contribution in [0.4, 0.5) is 5.69 Å². The number of anilines is 1. The van der Waals surface area contributed by atoms with Gasteiger partial charge < -0.3 is 10.4 Å². The molecule has 2 N–H and O–H groups in total. The summed E-state index contributed by atoms with van der Waals surface area (Å²) in [5.41, 5.74) is 2.59. The molecule has 1 aromatic rings. The van der Waals surface area contributed by atoms with Crippen molar-refractivity contribution in [2.75, 3.05) is 11.9 Å². The number of nitrogens with one attached hydrogen (secondary N) is 1. The highest BCUT2D eigenvalue weighted by molar-refractivity contribution is 5.94. The van der Waals surface area contributed by atoms with Crippen molar-refractivity contribution in [3.8, 4) is 0 Å². The first-order valence-corrected chi connectivity index (χ1v) is 5.98. The number of hydrogen-bond donors (Lipinski definition) is 2. The lowest BCUT2D eigenvalue weighted by Crippen LogP contribution is -2.11. The SMILES string of the molecule is Cc1ccc(C(=O)O)c(NCC2CC2(C)C)c1. The molecule has 17 heavy (non-hydrogen) atoms. The maximum absolute atomic E-state index is 11.1. The van der Waals surface area contributed by atoms with Crippen LogP contribution in [0.15, 0.2) is 18.2 Å². The van der Waals surface area contributed by atoms with Crippen LogP contribution in [0.3, 0.4) is 0 Å². The molecule has 1 aliphatic rings. The highest BCUT2D eigenvalue weighted by atomic mass is 16.4. The first-order valence-electron chi connectivity index (χ1n) is 5.98. The summed E-state index contributed by atoms with van der Waals surface area (Å²) in [4.78, 5) is 11.1. The van der Waals surface area contributed by atoms with Crippen molar-refractivity contribution >= 4 is 11.7 Å². The van der Waals surface area contributed by atoms with Crippen LogP contribution in [0, 0.1) is 18.3 Å². The van der Waals surface area contributed by atoms with E-state index in [0.29, 0.717) is 16.9 Å². The van der Waals surface area contributed by atoms with Crippen LogP contribution in [0.1, 0.15) is 36.2 Å². The Morgan fingerprint density at radius 1 is 1.53 bits per heavy atom. The van der Waals surface area contributed by atoms with Gasteiger partial charge in [0.05, 0.1) is 5.56 Å². The summed E-state index contributed by atoms with van der Waals surface area (Å²) in [7, 11) is 0. The topological polar surface area (TPSA) is 49.3 Å². The van der Waals surface area contributed by atoms with E-state index in [9.17, 15) is 4.79 Å². The molecular weight excluding hydrogens is 214 g/mol. The van der Waals surface area contributed by atoms with Crippen molar-refractivity contribution in [3.63, 3.8) is 0 Å². The molecule has 1 aromatic carbocycles. The fraction of sp³-hybridized carbons (Fsp3) is 0.500. The van der Waals surface area contributed by atoms with Gasteiger partial charge in [-0.3, -0.25) is 0 Å². The Bertz CT molecular complexity index is 452. The summed E-state index contributed by atoms with van der Waals surface area (Å²) in [6.07, 6.45) is 1.22. The average Bonchev–Trinajstić information content (AvgIpc) is 2.83. The van der Waals surface area contributed by atoms with E-state index in [1.165, 1.54) is 6.42 Å². The molecule has 0 saturated heterocycles. The molecule has 2 rings (SSSR count). The number of carboxylic acid groups (broad SMARTS) is 1. The van der Waals surface area contributed by atoms with Gasteiger partial charge in [0, 0.05) is 12.2 Å². The molecule has 1 saturated carbocycles. The predicted molar refractivity (Wildman–Crippen MR) is 68.5 cm³/mol. The lowest BCUT2D eigenvalue weighted by molar-refractivity contribution is 0.0698. The van der Waals surface area contributed by atoms with E-state index in [1.807, 2.05) is 19.1 Å². The second-order valence-corrected chi connectivity index (χ2v) is 5.62. The Labute approximate surface area is 102 Å². The molecule has 0 heterocycles. The Balaban J connectivity index is 2.09. The summed E-state index contributed by atoms with van der Waals surface area (Å²) in [6, 6.07) is 5.40. The van der Waals surface area contributed by atoms with Crippen molar-refractivity contribution in [1.29, 1.82) is 0 Å². The summed E-state index contributed by atoms with van der Waals surface area (Å²) >= 11 is 0. The quantitative estimate of drug-likeness (QED) is 0.839. The third-order valence-electron chi connectivity index (χ3n) is 3.66. The highest BCUT2D eigenvalue weighted by Gasteiger charge is 2.45. The van der Waals surface area contributed by atoms with Crippen LogP contribution in [0.25, 0.3) is 0 Å². The summed E-state index contributed by atoms with van der Waals surface area (Å²) in [5, 5.41) is 12.4. The Hall–Kier alpha value is -1.51. The standard InChI is InChI=1S/C14H19NO2/c1-9-4-5-11(13(16)17)12(6-9)15-8-10-7-14(10,2)3/h4-6,10,15H,7-8H2,1-3H3,(H,16,17). The number of benzene rings is 1. The fourth-order valence-electron chi connectivity index (χ4n) is 2.15. The van der Waals surface area contributed by atoms with Crippen LogP contribution in [0.2, 0.25) is 0 Å². The zero-order valence-corrected chi connectivity index (χ0v) is 10.6. The largest absolute Gasteiger partial charge is 0.478 e. The second-order valence-electron chi connectivity index (χ2n) is 5.62. The van der Waals surface area contributed by atoms with Crippen LogP contribution in [-0.2, 0) is 0 Å². The van der Waals surface area contributed by atoms with E-state index >= 15 is 0 Å². The van der Waals surface area contributed by atoms with E-state index in [-0.39, 0.29) is 0 Å². The van der Waals surface area contributed by atoms with Gasteiger partial charge in [0.2, 0.25) is 0 Å². The Kier molecular flexibility index (Phi) is 2.86. The molecule has 3 nitrogen and oxygen atoms in total. The minimum atomic E-state index is -0.873. The number of aromatic carboxylic acids is 1. The van der Waals surface area contributed by atoms with Gasteiger partial charge in [-0.1, -0.05) is 19.9 Å². The molecular formula is C14H19NO2. The van der Waals surface area contributed by atoms with Crippen molar-refractivity contribution in [1.82, 2.24) is 0 Å². The van der Waals surface area contributed by atoms with Gasteiger partial charge in [0.15, 0.2) is 0 Å². The number of rotatable bonds is 4. The van der Waals surface area contributed by atoms with Crippen molar-refractivity contribution in [2.24, 2.45) is 11.3 Å². The lowest BCUT2D eigenvalue weighted by atomic mass is 10.1. The monoisotopic (exact) mass is 233 g/mol. The van der Waals surface area contributed by atoms with Crippen LogP contribution < -0.4 is 5.32 Å². The summed E-state index contributed by atoms with van der Waals surface area (Å²) in [5.74, 6) is -0.216. The first-order chi connectivity index (χ1) is 7.90. The smallest absolute Gasteiger partial charge is 0.337 e. The normalized spacial score (nSPS) is 21.0. The number of hydrogen-bond acceptors (Lipinski definition) is 2. The zero-order chi connectivity index (χ0) is 12.6. The minimum absolute atomic E-state index is 0.356. The maximum atomic E-state index is 11.1. The van der Waals surface area contributed by atoms with E-state index in [0.717, 1.165) is 17.8 Å². The zero-order valence-electron chi connectivity index (χ0n) is 10.6. The average molecular weight is 233 g/mol. The molecule has 1 atom stereocenters. The van der Waals surface area contributed by atoms with Gasteiger partial charge in [-0.2, -0.15) is 0 Å². The third kappa shape index (κ3) is 2.60. The van der Waals surface area contributed by atoms with Crippen molar-refractivity contribution in [2.45, 2.75) is 27.2 Å². The van der Waals surface area contributed by atoms with E-state index in [2.05, 4.69) is 19.2 Å². The molecule has 0 aliphatic heterocycles. The van der Waals surface area contributed by atoms with Gasteiger partial charge in [0.25, 0.3) is 0 Å². The molecule has 92 valence electrons. The predicted octanol–water partition coefficient (Wildman–Crippen LogP) is 3.15. The number of aryl methyl sites for hydroxylation is 1. The molecule has 0 amide bonds. The molecule has 1 aliphatic carbocycles. The van der Waals surface area contributed by atoms with Gasteiger partial charge in [-0.15, -0.1) is 0 Å². The van der Waals surface area contributed by atoms with Gasteiger partial charge in [-0.25, -0.2) is 4.79 Å². The lowest BCUT2D eigenvalue weighted by Gasteiger charge is -2.11. The highest BCUT2D eigenvalue weighted by Crippen LogP contribution is 2.51. The van der Waals surface area contributed by atoms with Crippen molar-refractivity contribution < 1.29 is 9.90 Å². The summed E-state index contributed by atoms with van der Waals surface area (Å²) < 4.78 is 0. The molecule has 0 bridgehead atoms. The molecule has 1 fully saturated rings. The molecule has 0 radical (unpaired) electrons. The second kappa shape index (κ2) is 4.06. The van der Waals surface area contributed by atoms with E-state index in [4.69, 9.17) is 5.11 Å². The minimum Gasteiger partial charge on any atom is -0.478 e. The molecule has 0 spiro atoms. The number of carbonyl (C=O) groups is 1. The van der Waals surface area contributed by atoms with Crippen molar-refractivity contribution in [3.05, 3.63) is 29.3 Å². The molecule has 3 heteroatoms. The van der Waals surface area contributed by atoms with Gasteiger partial charge in [0.1, 0.15) is 0 Å². The molecule has 1 unspecified atom stereocenters. The first kappa shape index (κ1) is 12.0. The van der Waals surface area contributed by atoms with Crippen LogP contribution in [0.5, 0.6) is 0 Å². The van der Waals surface area contributed by atoms with Gasteiger partial charge in [-0.05, 0) is 42.4 Å². The van der Waals surface area contributed by atoms with Crippen LogP contribution >= 0.6 is 0 Å². The van der Waals surface area contributed by atoms with Crippen LogP contribution in [-0.4, -0.2) is 17.6 Å². The number of carboxylic acids is 1. The summed E-state index contributed by atoms with van der Waals surface area (Å²) in [6.45, 7) is 7.32. The molecule has 0 aromatic heterocycles.